The second kappa shape index (κ2) is 6.46. The first-order valence-corrected chi connectivity index (χ1v) is 5.76. The fraction of sp³-hybridized carbons (Fsp3) is 0.538. The Hall–Kier alpha value is -1.02. The lowest BCUT2D eigenvalue weighted by molar-refractivity contribution is 0.266. The molecule has 0 aromatic heterocycles. The summed E-state index contributed by atoms with van der Waals surface area (Å²) in [4.78, 5) is 2.45. The highest BCUT2D eigenvalue weighted by atomic mass is 16.3. The van der Waals surface area contributed by atoms with Crippen LogP contribution >= 0.6 is 0 Å². The minimum atomic E-state index is 0.344. The van der Waals surface area contributed by atoms with Crippen LogP contribution in [-0.4, -0.2) is 23.1 Å². The molecule has 15 heavy (non-hydrogen) atoms. The van der Waals surface area contributed by atoms with Crippen molar-refractivity contribution in [2.24, 2.45) is 0 Å². The van der Waals surface area contributed by atoms with Gasteiger partial charge in [-0.3, -0.25) is 4.90 Å². The highest BCUT2D eigenvalue weighted by Gasteiger charge is 2.03. The van der Waals surface area contributed by atoms with E-state index in [4.69, 9.17) is 0 Å². The molecule has 0 radical (unpaired) electrons. The van der Waals surface area contributed by atoms with E-state index in [9.17, 15) is 5.11 Å². The van der Waals surface area contributed by atoms with Crippen molar-refractivity contribution >= 4 is 0 Å². The predicted molar refractivity (Wildman–Crippen MR) is 64.0 cm³/mol. The van der Waals surface area contributed by atoms with E-state index >= 15 is 0 Å². The lowest BCUT2D eigenvalue weighted by atomic mass is 10.2. The molecule has 0 heterocycles. The zero-order valence-corrected chi connectivity index (χ0v) is 9.74. The molecule has 0 aliphatic carbocycles. The average Bonchev–Trinajstić information content (AvgIpc) is 2.22. The maximum atomic E-state index is 9.18. The summed E-state index contributed by atoms with van der Waals surface area (Å²) in [6.07, 6.45) is 2.39. The molecule has 1 rings (SSSR count). The van der Waals surface area contributed by atoms with Crippen LogP contribution < -0.4 is 0 Å². The summed E-state index contributed by atoms with van der Waals surface area (Å²) in [5.74, 6) is 0.344. The number of hydrogen-bond acceptors (Lipinski definition) is 2. The first kappa shape index (κ1) is 12.1. The van der Waals surface area contributed by atoms with Crippen molar-refractivity contribution in [3.63, 3.8) is 0 Å². The van der Waals surface area contributed by atoms with Crippen LogP contribution in [0.3, 0.4) is 0 Å². The topological polar surface area (TPSA) is 23.5 Å². The van der Waals surface area contributed by atoms with E-state index in [2.05, 4.69) is 18.7 Å². The highest BCUT2D eigenvalue weighted by molar-refractivity contribution is 5.25. The molecule has 0 spiro atoms. The standard InChI is InChI=1S/C13H21NO/c1-3-9-14(10-4-2)11-12-5-7-13(15)8-6-12/h5-8,15H,3-4,9-11H2,1-2H3. The number of aromatic hydroxyl groups is 1. The van der Waals surface area contributed by atoms with Crippen LogP contribution in [-0.2, 0) is 6.54 Å². The number of hydrogen-bond donors (Lipinski definition) is 1. The van der Waals surface area contributed by atoms with E-state index in [0.717, 1.165) is 19.6 Å². The number of benzene rings is 1. The monoisotopic (exact) mass is 207 g/mol. The molecule has 2 heteroatoms. The van der Waals surface area contributed by atoms with Crippen LogP contribution in [0.15, 0.2) is 24.3 Å². The Morgan fingerprint density at radius 1 is 1.00 bits per heavy atom. The van der Waals surface area contributed by atoms with Gasteiger partial charge >= 0.3 is 0 Å². The number of phenolic OH excluding ortho intramolecular Hbond substituents is 1. The van der Waals surface area contributed by atoms with E-state index in [-0.39, 0.29) is 0 Å². The van der Waals surface area contributed by atoms with Crippen LogP contribution in [0, 0.1) is 0 Å². The fourth-order valence-corrected chi connectivity index (χ4v) is 1.76. The third-order valence-corrected chi connectivity index (χ3v) is 2.42. The maximum absolute atomic E-state index is 9.18. The Bertz CT molecular complexity index is 262. The third kappa shape index (κ3) is 4.34. The Morgan fingerprint density at radius 3 is 2.00 bits per heavy atom. The van der Waals surface area contributed by atoms with E-state index in [1.54, 1.807) is 12.1 Å². The smallest absolute Gasteiger partial charge is 0.115 e. The van der Waals surface area contributed by atoms with E-state index in [1.165, 1.54) is 18.4 Å². The van der Waals surface area contributed by atoms with Crippen molar-refractivity contribution in [2.45, 2.75) is 33.2 Å². The molecule has 2 nitrogen and oxygen atoms in total. The zero-order chi connectivity index (χ0) is 11.1. The van der Waals surface area contributed by atoms with Crippen molar-refractivity contribution in [1.29, 1.82) is 0 Å². The minimum Gasteiger partial charge on any atom is -0.508 e. The first-order valence-electron chi connectivity index (χ1n) is 5.76. The van der Waals surface area contributed by atoms with E-state index in [1.807, 2.05) is 12.1 Å². The average molecular weight is 207 g/mol. The van der Waals surface area contributed by atoms with E-state index in [0.29, 0.717) is 5.75 Å². The molecule has 0 unspecified atom stereocenters. The van der Waals surface area contributed by atoms with Gasteiger partial charge in [-0.25, -0.2) is 0 Å². The van der Waals surface area contributed by atoms with Crippen molar-refractivity contribution in [3.8, 4) is 5.75 Å². The lowest BCUT2D eigenvalue weighted by Crippen LogP contribution is -2.24. The molecule has 0 fully saturated rings. The van der Waals surface area contributed by atoms with Gasteiger partial charge in [0.15, 0.2) is 0 Å². The summed E-state index contributed by atoms with van der Waals surface area (Å²) >= 11 is 0. The predicted octanol–water partition coefficient (Wildman–Crippen LogP) is 3.01. The SMILES string of the molecule is CCCN(CCC)Cc1ccc(O)cc1. The van der Waals surface area contributed by atoms with Gasteiger partial charge in [-0.1, -0.05) is 26.0 Å². The largest absolute Gasteiger partial charge is 0.508 e. The third-order valence-electron chi connectivity index (χ3n) is 2.42. The molecular formula is C13H21NO. The van der Waals surface area contributed by atoms with Gasteiger partial charge in [0, 0.05) is 6.54 Å². The highest BCUT2D eigenvalue weighted by Crippen LogP contribution is 2.12. The number of rotatable bonds is 6. The van der Waals surface area contributed by atoms with Gasteiger partial charge < -0.3 is 5.11 Å². The summed E-state index contributed by atoms with van der Waals surface area (Å²) in [5.41, 5.74) is 1.27. The van der Waals surface area contributed by atoms with Gasteiger partial charge in [0.1, 0.15) is 5.75 Å². The molecule has 84 valence electrons. The quantitative estimate of drug-likeness (QED) is 0.775. The Labute approximate surface area is 92.5 Å². The molecule has 0 atom stereocenters. The Balaban J connectivity index is 2.53. The van der Waals surface area contributed by atoms with Crippen molar-refractivity contribution < 1.29 is 5.11 Å². The van der Waals surface area contributed by atoms with E-state index < -0.39 is 0 Å². The van der Waals surface area contributed by atoms with Crippen molar-refractivity contribution in [1.82, 2.24) is 4.90 Å². The summed E-state index contributed by atoms with van der Waals surface area (Å²) in [5, 5.41) is 9.18. The molecule has 0 bridgehead atoms. The van der Waals surface area contributed by atoms with Crippen LogP contribution in [0.5, 0.6) is 5.75 Å². The lowest BCUT2D eigenvalue weighted by Gasteiger charge is -2.20. The fourth-order valence-electron chi connectivity index (χ4n) is 1.76. The maximum Gasteiger partial charge on any atom is 0.115 e. The molecule has 1 aromatic rings. The van der Waals surface area contributed by atoms with Crippen molar-refractivity contribution in [2.75, 3.05) is 13.1 Å². The van der Waals surface area contributed by atoms with Crippen molar-refractivity contribution in [3.05, 3.63) is 29.8 Å². The van der Waals surface area contributed by atoms with Gasteiger partial charge in [-0.15, -0.1) is 0 Å². The summed E-state index contributed by atoms with van der Waals surface area (Å²) in [7, 11) is 0. The minimum absolute atomic E-state index is 0.344. The summed E-state index contributed by atoms with van der Waals surface area (Å²) in [6, 6.07) is 7.50. The second-order valence-corrected chi connectivity index (χ2v) is 3.94. The molecule has 0 amide bonds. The molecule has 0 aliphatic heterocycles. The van der Waals surface area contributed by atoms with Crippen LogP contribution in [0.25, 0.3) is 0 Å². The molecule has 0 saturated heterocycles. The number of nitrogens with zero attached hydrogens (tertiary/aromatic N) is 1. The second-order valence-electron chi connectivity index (χ2n) is 3.94. The first-order chi connectivity index (χ1) is 7.26. The molecule has 0 saturated carbocycles. The number of phenols is 1. The molecule has 1 N–H and O–H groups in total. The normalized spacial score (nSPS) is 10.9. The summed E-state index contributed by atoms with van der Waals surface area (Å²) in [6.45, 7) is 7.70. The molecule has 1 aromatic carbocycles. The van der Waals surface area contributed by atoms with Crippen LogP contribution in [0.2, 0.25) is 0 Å². The van der Waals surface area contributed by atoms with Gasteiger partial charge in [0.25, 0.3) is 0 Å². The van der Waals surface area contributed by atoms with Crippen LogP contribution in [0.4, 0.5) is 0 Å². The Kier molecular flexibility index (Phi) is 5.19. The molecular weight excluding hydrogens is 186 g/mol. The van der Waals surface area contributed by atoms with Gasteiger partial charge in [0.2, 0.25) is 0 Å². The molecule has 0 aliphatic rings. The van der Waals surface area contributed by atoms with Gasteiger partial charge in [0.05, 0.1) is 0 Å². The Morgan fingerprint density at radius 2 is 1.53 bits per heavy atom. The summed E-state index contributed by atoms with van der Waals surface area (Å²) < 4.78 is 0. The van der Waals surface area contributed by atoms with Gasteiger partial charge in [-0.05, 0) is 43.6 Å². The van der Waals surface area contributed by atoms with Crippen LogP contribution in [0.1, 0.15) is 32.3 Å². The van der Waals surface area contributed by atoms with Gasteiger partial charge in [-0.2, -0.15) is 0 Å². The zero-order valence-electron chi connectivity index (χ0n) is 9.74.